The molecule has 90 valence electrons. The highest BCUT2D eigenvalue weighted by Gasteiger charge is 2.18. The van der Waals surface area contributed by atoms with Crippen molar-refractivity contribution < 1.29 is 9.50 Å². The maximum atomic E-state index is 13.7. The molecule has 0 saturated heterocycles. The van der Waals surface area contributed by atoms with Crippen molar-refractivity contribution in [3.8, 4) is 0 Å². The van der Waals surface area contributed by atoms with Crippen LogP contribution in [-0.2, 0) is 6.42 Å². The van der Waals surface area contributed by atoms with E-state index in [1.807, 2.05) is 13.8 Å². The third-order valence-electron chi connectivity index (χ3n) is 2.59. The fourth-order valence-electron chi connectivity index (χ4n) is 1.18. The van der Waals surface area contributed by atoms with Crippen LogP contribution in [0.25, 0.3) is 0 Å². The lowest BCUT2D eigenvalue weighted by Gasteiger charge is -2.22. The first kappa shape index (κ1) is 12.8. The van der Waals surface area contributed by atoms with E-state index in [-0.39, 0.29) is 12.4 Å². The van der Waals surface area contributed by atoms with Gasteiger partial charge in [-0.2, -0.15) is 0 Å². The van der Waals surface area contributed by atoms with Crippen LogP contribution >= 0.6 is 0 Å². The molecule has 0 fully saturated rings. The van der Waals surface area contributed by atoms with E-state index in [1.165, 1.54) is 6.33 Å². The van der Waals surface area contributed by atoms with Crippen LogP contribution in [0.2, 0.25) is 0 Å². The Bertz CT molecular complexity index is 355. The van der Waals surface area contributed by atoms with Gasteiger partial charge in [-0.15, -0.1) is 0 Å². The van der Waals surface area contributed by atoms with Crippen molar-refractivity contribution in [3.05, 3.63) is 17.8 Å². The van der Waals surface area contributed by atoms with Crippen LogP contribution in [0.3, 0.4) is 0 Å². The van der Waals surface area contributed by atoms with Crippen LogP contribution in [0.5, 0.6) is 0 Å². The fraction of sp³-hybridized carbons (Fsp3) is 0.636. The molecule has 4 nitrogen and oxygen atoms in total. The van der Waals surface area contributed by atoms with Gasteiger partial charge in [0, 0.05) is 6.54 Å². The quantitative estimate of drug-likeness (QED) is 0.804. The molecule has 0 radical (unpaired) electrons. The average molecular weight is 227 g/mol. The third-order valence-corrected chi connectivity index (χ3v) is 2.59. The normalized spacial score (nSPS) is 14.6. The Balaban J connectivity index is 2.75. The molecule has 0 spiro atoms. The van der Waals surface area contributed by atoms with Gasteiger partial charge in [-0.1, -0.05) is 13.8 Å². The summed E-state index contributed by atoms with van der Waals surface area (Å²) < 4.78 is 13.7. The van der Waals surface area contributed by atoms with Crippen molar-refractivity contribution in [2.75, 3.05) is 11.9 Å². The largest absolute Gasteiger partial charge is 0.388 e. The molecule has 1 aromatic heterocycles. The SMILES string of the molecule is CCc1ncnc(NCC(C)(O)CC)c1F. The lowest BCUT2D eigenvalue weighted by molar-refractivity contribution is 0.0696. The molecular formula is C11H18FN3O. The minimum absolute atomic E-state index is 0.153. The first-order valence-electron chi connectivity index (χ1n) is 5.45. The number of aryl methyl sites for hydroxylation is 1. The molecule has 1 heterocycles. The summed E-state index contributed by atoms with van der Waals surface area (Å²) in [5.41, 5.74) is -0.474. The number of rotatable bonds is 5. The second-order valence-electron chi connectivity index (χ2n) is 4.04. The number of anilines is 1. The van der Waals surface area contributed by atoms with Crippen molar-refractivity contribution in [2.24, 2.45) is 0 Å². The predicted octanol–water partition coefficient (Wildman–Crippen LogP) is 1.75. The molecule has 5 heteroatoms. The Hall–Kier alpha value is -1.23. The monoisotopic (exact) mass is 227 g/mol. The molecule has 1 rings (SSSR count). The third kappa shape index (κ3) is 3.13. The molecule has 1 unspecified atom stereocenters. The molecule has 0 aliphatic heterocycles. The van der Waals surface area contributed by atoms with E-state index in [4.69, 9.17) is 0 Å². The Labute approximate surface area is 94.9 Å². The van der Waals surface area contributed by atoms with E-state index in [1.54, 1.807) is 6.92 Å². The van der Waals surface area contributed by atoms with Crippen LogP contribution in [0.1, 0.15) is 32.9 Å². The van der Waals surface area contributed by atoms with E-state index in [0.29, 0.717) is 18.5 Å². The molecule has 0 amide bonds. The Kier molecular flexibility index (Phi) is 4.18. The highest BCUT2D eigenvalue weighted by molar-refractivity contribution is 5.37. The van der Waals surface area contributed by atoms with Crippen molar-refractivity contribution in [3.63, 3.8) is 0 Å². The molecule has 16 heavy (non-hydrogen) atoms. The number of nitrogens with one attached hydrogen (secondary N) is 1. The maximum absolute atomic E-state index is 13.7. The Morgan fingerprint density at radius 1 is 1.44 bits per heavy atom. The lowest BCUT2D eigenvalue weighted by atomic mass is 10.0. The van der Waals surface area contributed by atoms with Gasteiger partial charge in [0.15, 0.2) is 11.6 Å². The second-order valence-corrected chi connectivity index (χ2v) is 4.04. The van der Waals surface area contributed by atoms with E-state index in [2.05, 4.69) is 15.3 Å². The number of halogens is 1. The van der Waals surface area contributed by atoms with Gasteiger partial charge < -0.3 is 10.4 Å². The summed E-state index contributed by atoms with van der Waals surface area (Å²) in [6.07, 6.45) is 2.44. The zero-order valence-corrected chi connectivity index (χ0v) is 9.92. The molecule has 2 N–H and O–H groups in total. The van der Waals surface area contributed by atoms with Crippen LogP contribution in [0, 0.1) is 5.82 Å². The molecule has 0 aliphatic carbocycles. The van der Waals surface area contributed by atoms with E-state index >= 15 is 0 Å². The van der Waals surface area contributed by atoms with E-state index < -0.39 is 11.4 Å². The Morgan fingerprint density at radius 2 is 2.12 bits per heavy atom. The highest BCUT2D eigenvalue weighted by Crippen LogP contribution is 2.15. The van der Waals surface area contributed by atoms with Gasteiger partial charge in [0.05, 0.1) is 11.3 Å². The maximum Gasteiger partial charge on any atom is 0.186 e. The predicted molar refractivity (Wildman–Crippen MR) is 60.8 cm³/mol. The summed E-state index contributed by atoms with van der Waals surface area (Å²) in [6, 6.07) is 0. The van der Waals surface area contributed by atoms with E-state index in [9.17, 15) is 9.50 Å². The molecule has 1 aromatic rings. The van der Waals surface area contributed by atoms with Crippen molar-refractivity contribution >= 4 is 5.82 Å². The number of hydrogen-bond donors (Lipinski definition) is 2. The topological polar surface area (TPSA) is 58.0 Å². The lowest BCUT2D eigenvalue weighted by Crippen LogP contribution is -2.33. The van der Waals surface area contributed by atoms with Gasteiger partial charge in [0.2, 0.25) is 0 Å². The molecule has 0 saturated carbocycles. The summed E-state index contributed by atoms with van der Waals surface area (Å²) in [4.78, 5) is 7.65. The summed E-state index contributed by atoms with van der Waals surface area (Å²) in [5, 5.41) is 12.6. The summed E-state index contributed by atoms with van der Waals surface area (Å²) in [7, 11) is 0. The van der Waals surface area contributed by atoms with Crippen molar-refractivity contribution in [1.82, 2.24) is 9.97 Å². The summed E-state index contributed by atoms with van der Waals surface area (Å²) in [5.74, 6) is -0.280. The van der Waals surface area contributed by atoms with Crippen LogP contribution in [0.4, 0.5) is 10.2 Å². The highest BCUT2D eigenvalue weighted by atomic mass is 19.1. The van der Waals surface area contributed by atoms with Gasteiger partial charge in [-0.05, 0) is 19.8 Å². The standard InChI is InChI=1S/C11H18FN3O/c1-4-8-9(12)10(15-7-14-8)13-6-11(3,16)5-2/h7,16H,4-6H2,1-3H3,(H,13,14,15). The number of aromatic nitrogens is 2. The van der Waals surface area contributed by atoms with E-state index in [0.717, 1.165) is 0 Å². The van der Waals surface area contributed by atoms with Crippen molar-refractivity contribution in [1.29, 1.82) is 0 Å². The number of hydrogen-bond acceptors (Lipinski definition) is 4. The fourth-order valence-corrected chi connectivity index (χ4v) is 1.18. The molecule has 0 bridgehead atoms. The second kappa shape index (κ2) is 5.21. The average Bonchev–Trinajstić information content (AvgIpc) is 2.28. The summed E-state index contributed by atoms with van der Waals surface area (Å²) >= 11 is 0. The summed E-state index contributed by atoms with van der Waals surface area (Å²) in [6.45, 7) is 5.66. The molecule has 1 atom stereocenters. The van der Waals surface area contributed by atoms with Crippen molar-refractivity contribution in [2.45, 2.75) is 39.2 Å². The van der Waals surface area contributed by atoms with Gasteiger partial charge in [0.25, 0.3) is 0 Å². The molecule has 0 aliphatic rings. The zero-order chi connectivity index (χ0) is 12.2. The smallest absolute Gasteiger partial charge is 0.186 e. The first-order chi connectivity index (χ1) is 7.50. The molecule has 0 aromatic carbocycles. The van der Waals surface area contributed by atoms with Crippen LogP contribution in [-0.4, -0.2) is 27.2 Å². The molecular weight excluding hydrogens is 209 g/mol. The van der Waals surface area contributed by atoms with Gasteiger partial charge >= 0.3 is 0 Å². The van der Waals surface area contributed by atoms with Gasteiger partial charge in [-0.3, -0.25) is 0 Å². The van der Waals surface area contributed by atoms with Crippen LogP contribution in [0.15, 0.2) is 6.33 Å². The number of aliphatic hydroxyl groups is 1. The zero-order valence-electron chi connectivity index (χ0n) is 9.92. The van der Waals surface area contributed by atoms with Gasteiger partial charge in [0.1, 0.15) is 6.33 Å². The van der Waals surface area contributed by atoms with Crippen LogP contribution < -0.4 is 5.32 Å². The Morgan fingerprint density at radius 3 is 2.69 bits per heavy atom. The first-order valence-corrected chi connectivity index (χ1v) is 5.45. The van der Waals surface area contributed by atoms with Gasteiger partial charge in [-0.25, -0.2) is 14.4 Å². The number of nitrogens with zero attached hydrogens (tertiary/aromatic N) is 2. The minimum atomic E-state index is -0.857. The minimum Gasteiger partial charge on any atom is -0.388 e.